The molecule has 1 amide bonds. The highest BCUT2D eigenvalue weighted by molar-refractivity contribution is 8.27. The molecule has 0 unspecified atom stereocenters. The van der Waals surface area contributed by atoms with E-state index in [1.54, 1.807) is 18.2 Å². The molecular weight excluding hydrogens is 560 g/mol. The highest BCUT2D eigenvalue weighted by Crippen LogP contribution is 2.38. The van der Waals surface area contributed by atoms with Crippen LogP contribution in [0.1, 0.15) is 34.7 Å². The van der Waals surface area contributed by atoms with Gasteiger partial charge in [0.15, 0.2) is 17.3 Å². The van der Waals surface area contributed by atoms with Crippen LogP contribution in [0.5, 0.6) is 17.2 Å². The average Bonchev–Trinajstić information content (AvgIpc) is 3.34. The molecule has 0 saturated carbocycles. The van der Waals surface area contributed by atoms with Crippen molar-refractivity contribution >= 4 is 51.4 Å². The van der Waals surface area contributed by atoms with Crippen LogP contribution in [0.4, 0.5) is 0 Å². The molecule has 210 valence electrons. The van der Waals surface area contributed by atoms with E-state index in [0.29, 0.717) is 45.5 Å². The molecule has 0 bridgehead atoms. The summed E-state index contributed by atoms with van der Waals surface area (Å²) in [6.45, 7) is 8.87. The summed E-state index contributed by atoms with van der Waals surface area (Å²) in [6.07, 6.45) is 1.57. The molecule has 41 heavy (non-hydrogen) atoms. The number of aliphatic imine (C=N–C) groups is 1. The predicted molar refractivity (Wildman–Crippen MR) is 165 cm³/mol. The van der Waals surface area contributed by atoms with Gasteiger partial charge < -0.3 is 14.2 Å². The molecule has 2 aliphatic rings. The molecule has 8 nitrogen and oxygen atoms in total. The number of hydrogen-bond donors (Lipinski definition) is 1. The van der Waals surface area contributed by atoms with E-state index in [4.69, 9.17) is 31.2 Å². The van der Waals surface area contributed by atoms with Crippen LogP contribution in [0.25, 0.3) is 6.08 Å². The van der Waals surface area contributed by atoms with Crippen LogP contribution in [0, 0.1) is 26.2 Å². The molecule has 3 aromatic carbocycles. The number of thioether (sulfide) groups is 1. The number of hydrogen-bond acceptors (Lipinski definition) is 7. The molecule has 2 heterocycles. The maximum Gasteiger partial charge on any atom is 0.283 e. The van der Waals surface area contributed by atoms with Crippen molar-refractivity contribution in [3.63, 3.8) is 0 Å². The number of amidine groups is 2. The Morgan fingerprint density at radius 3 is 2.37 bits per heavy atom. The first-order valence-electron chi connectivity index (χ1n) is 13.1. The normalized spacial score (nSPS) is 15.5. The summed E-state index contributed by atoms with van der Waals surface area (Å²) < 4.78 is 17.6. The van der Waals surface area contributed by atoms with Crippen LogP contribution in [-0.4, -0.2) is 46.8 Å². The molecule has 2 aliphatic heterocycles. The van der Waals surface area contributed by atoms with Crippen LogP contribution in [0.15, 0.2) is 70.3 Å². The van der Waals surface area contributed by atoms with E-state index in [1.807, 2.05) is 64.1 Å². The molecule has 0 saturated heterocycles. The number of fused-ring (bicyclic) bond motifs is 1. The summed E-state index contributed by atoms with van der Waals surface area (Å²) in [4.78, 5) is 17.1. The number of carbonyl (C=O) groups is 1. The van der Waals surface area contributed by atoms with E-state index in [-0.39, 0.29) is 18.0 Å². The molecule has 0 radical (unpaired) electrons. The number of hydrazone groups is 1. The maximum atomic E-state index is 12.9. The van der Waals surface area contributed by atoms with Gasteiger partial charge in [0.2, 0.25) is 5.17 Å². The maximum absolute atomic E-state index is 12.9. The van der Waals surface area contributed by atoms with Gasteiger partial charge >= 0.3 is 0 Å². The van der Waals surface area contributed by atoms with Gasteiger partial charge in [0.1, 0.15) is 24.0 Å². The van der Waals surface area contributed by atoms with Gasteiger partial charge in [-0.05, 0) is 86.5 Å². The van der Waals surface area contributed by atoms with Gasteiger partial charge in [0.05, 0.1) is 17.2 Å². The zero-order valence-corrected chi connectivity index (χ0v) is 24.7. The van der Waals surface area contributed by atoms with Crippen molar-refractivity contribution in [1.82, 2.24) is 5.01 Å². The van der Waals surface area contributed by atoms with Gasteiger partial charge in [-0.15, -0.1) is 0 Å². The van der Waals surface area contributed by atoms with E-state index in [9.17, 15) is 4.79 Å². The van der Waals surface area contributed by atoms with Crippen molar-refractivity contribution in [2.75, 3.05) is 19.8 Å². The molecule has 1 N–H and O–H groups in total. The van der Waals surface area contributed by atoms with Crippen LogP contribution in [-0.2, 0) is 4.79 Å². The molecule has 0 fully saturated rings. The van der Waals surface area contributed by atoms with Gasteiger partial charge in [0, 0.05) is 5.56 Å². The fraction of sp³-hybridized carbons (Fsp3) is 0.226. The summed E-state index contributed by atoms with van der Waals surface area (Å²) in [7, 11) is 0. The minimum absolute atomic E-state index is 0.0624. The molecule has 10 heteroatoms. The Bertz CT molecular complexity index is 1590. The molecule has 5 rings (SSSR count). The number of nitrogens with zero attached hydrogens (tertiary/aromatic N) is 3. The van der Waals surface area contributed by atoms with Gasteiger partial charge in [-0.3, -0.25) is 10.2 Å². The lowest BCUT2D eigenvalue weighted by Crippen LogP contribution is -2.35. The van der Waals surface area contributed by atoms with Gasteiger partial charge in [-0.1, -0.05) is 47.5 Å². The summed E-state index contributed by atoms with van der Waals surface area (Å²) in [5.41, 5.74) is 4.94. The van der Waals surface area contributed by atoms with Gasteiger partial charge in [-0.25, -0.2) is 0 Å². The Balaban J connectivity index is 1.33. The van der Waals surface area contributed by atoms with Crippen molar-refractivity contribution in [3.8, 4) is 17.2 Å². The summed E-state index contributed by atoms with van der Waals surface area (Å²) in [5.74, 6) is 1.00. The second-order valence-corrected chi connectivity index (χ2v) is 10.9. The number of aryl methyl sites for hydroxylation is 3. The second kappa shape index (κ2) is 12.2. The predicted octanol–water partition coefficient (Wildman–Crippen LogP) is 6.79. The van der Waals surface area contributed by atoms with Crippen LogP contribution >= 0.6 is 23.4 Å². The van der Waals surface area contributed by atoms with Crippen molar-refractivity contribution in [2.45, 2.75) is 27.7 Å². The zero-order valence-electron chi connectivity index (χ0n) is 23.2. The van der Waals surface area contributed by atoms with Crippen molar-refractivity contribution in [1.29, 1.82) is 5.41 Å². The van der Waals surface area contributed by atoms with E-state index in [1.165, 1.54) is 16.8 Å². The highest BCUT2D eigenvalue weighted by Gasteiger charge is 2.36. The number of amides is 1. The third-order valence-corrected chi connectivity index (χ3v) is 7.43. The van der Waals surface area contributed by atoms with Crippen LogP contribution in [0.2, 0.25) is 5.02 Å². The first kappa shape index (κ1) is 28.4. The molecule has 0 aliphatic carbocycles. The van der Waals surface area contributed by atoms with Crippen molar-refractivity contribution in [2.24, 2.45) is 10.1 Å². The Labute approximate surface area is 248 Å². The quantitative estimate of drug-likeness (QED) is 0.218. The molecule has 0 aromatic heterocycles. The fourth-order valence-corrected chi connectivity index (χ4v) is 5.54. The van der Waals surface area contributed by atoms with Gasteiger partial charge in [0.25, 0.3) is 5.91 Å². The standard InChI is InChI=1S/C31H29ClN4O4S/c1-5-38-26-17-21(16-25(32)27(26)40-11-10-39-23-13-19(3)12-20(4)14-23)15-24-28(33)36-31(34-29(24)37)41-30(35-36)22-8-6-18(2)7-9-22/h6-9,12-17,33H,5,10-11H2,1-4H3/b24-15+,33-28?. The molecule has 0 atom stereocenters. The summed E-state index contributed by atoms with van der Waals surface area (Å²) >= 11 is 7.87. The minimum atomic E-state index is -0.521. The van der Waals surface area contributed by atoms with Crippen molar-refractivity contribution in [3.05, 3.63) is 93.0 Å². The topological polar surface area (TPSA) is 96.6 Å². The monoisotopic (exact) mass is 588 g/mol. The number of ether oxygens (including phenoxy) is 3. The summed E-state index contributed by atoms with van der Waals surface area (Å²) in [5, 5.41) is 16.0. The van der Waals surface area contributed by atoms with Crippen LogP contribution < -0.4 is 14.2 Å². The molecule has 0 spiro atoms. The fourth-order valence-electron chi connectivity index (χ4n) is 4.37. The van der Waals surface area contributed by atoms with Crippen molar-refractivity contribution < 1.29 is 19.0 Å². The smallest absolute Gasteiger partial charge is 0.283 e. The number of carbonyl (C=O) groups excluding carboxylic acids is 1. The Kier molecular flexibility index (Phi) is 8.46. The van der Waals surface area contributed by atoms with E-state index >= 15 is 0 Å². The highest BCUT2D eigenvalue weighted by atomic mass is 35.5. The lowest BCUT2D eigenvalue weighted by molar-refractivity contribution is -0.114. The van der Waals surface area contributed by atoms with E-state index in [2.05, 4.69) is 16.2 Å². The first-order chi connectivity index (χ1) is 19.7. The molecule has 3 aromatic rings. The van der Waals surface area contributed by atoms with E-state index in [0.717, 1.165) is 28.0 Å². The second-order valence-electron chi connectivity index (χ2n) is 9.57. The zero-order chi connectivity index (χ0) is 29.1. The van der Waals surface area contributed by atoms with E-state index < -0.39 is 5.91 Å². The average molecular weight is 589 g/mol. The lowest BCUT2D eigenvalue weighted by Gasteiger charge is -2.20. The Morgan fingerprint density at radius 1 is 0.951 bits per heavy atom. The summed E-state index contributed by atoms with van der Waals surface area (Å²) in [6, 6.07) is 17.3. The lowest BCUT2D eigenvalue weighted by atomic mass is 10.1. The number of rotatable bonds is 9. The van der Waals surface area contributed by atoms with Crippen LogP contribution in [0.3, 0.4) is 0 Å². The minimum Gasteiger partial charge on any atom is -0.490 e. The third-order valence-electron chi connectivity index (χ3n) is 6.19. The molecular formula is C31H29ClN4O4S. The first-order valence-corrected chi connectivity index (χ1v) is 14.3. The number of benzene rings is 3. The Hall–Kier alpha value is -4.08. The van der Waals surface area contributed by atoms with Gasteiger partial charge in [-0.2, -0.15) is 15.1 Å². The largest absolute Gasteiger partial charge is 0.490 e. The SMILES string of the molecule is CCOc1cc(/C=C2\C(=N)N3N=C(c4ccc(C)cc4)SC3=NC2=O)cc(Cl)c1OCCOc1cc(C)cc(C)c1. The Morgan fingerprint density at radius 2 is 1.66 bits per heavy atom. The third kappa shape index (κ3) is 6.47. The number of nitrogens with one attached hydrogen (secondary N) is 1. The number of halogens is 1.